The number of hydrogen-bond donors (Lipinski definition) is 1. The van der Waals surface area contributed by atoms with Gasteiger partial charge in [0.15, 0.2) is 0 Å². The highest BCUT2D eigenvalue weighted by Gasteiger charge is 2.05. The molecule has 1 atom stereocenters. The molecule has 2 aromatic rings. The Hall–Kier alpha value is -1.23. The molecule has 2 aromatic carbocycles. The van der Waals surface area contributed by atoms with Crippen LogP contribution in [0.3, 0.4) is 0 Å². The molecule has 0 saturated heterocycles. The third-order valence-corrected chi connectivity index (χ3v) is 4.15. The van der Waals surface area contributed by atoms with Crippen molar-refractivity contribution in [3.05, 3.63) is 57.5 Å². The van der Waals surface area contributed by atoms with Crippen molar-refractivity contribution in [1.29, 1.82) is 0 Å². The quantitative estimate of drug-likeness (QED) is 0.618. The Balaban J connectivity index is 1.72. The summed E-state index contributed by atoms with van der Waals surface area (Å²) in [5, 5.41) is 4.15. The summed E-state index contributed by atoms with van der Waals surface area (Å²) in [6, 6.07) is 13.9. The van der Waals surface area contributed by atoms with E-state index in [4.69, 9.17) is 21.1 Å². The highest BCUT2D eigenvalue weighted by molar-refractivity contribution is 9.10. The SMILES string of the molecule is COc1cccc([C@@H](C)NCCCOc2cc(Cl)cc(Br)c2)c1. The average molecular weight is 399 g/mol. The van der Waals surface area contributed by atoms with Gasteiger partial charge in [0.1, 0.15) is 11.5 Å². The van der Waals surface area contributed by atoms with Crippen molar-refractivity contribution in [3.63, 3.8) is 0 Å². The highest BCUT2D eigenvalue weighted by atomic mass is 79.9. The van der Waals surface area contributed by atoms with E-state index in [0.29, 0.717) is 11.6 Å². The second-order valence-electron chi connectivity index (χ2n) is 5.26. The van der Waals surface area contributed by atoms with Crippen molar-refractivity contribution in [2.24, 2.45) is 0 Å². The Bertz CT molecular complexity index is 616. The summed E-state index contributed by atoms with van der Waals surface area (Å²) in [5.74, 6) is 1.66. The van der Waals surface area contributed by atoms with Gasteiger partial charge in [-0.05, 0) is 55.8 Å². The van der Waals surface area contributed by atoms with E-state index in [1.54, 1.807) is 7.11 Å². The summed E-state index contributed by atoms with van der Waals surface area (Å²) >= 11 is 9.40. The summed E-state index contributed by atoms with van der Waals surface area (Å²) in [4.78, 5) is 0. The van der Waals surface area contributed by atoms with Gasteiger partial charge in [0.05, 0.1) is 13.7 Å². The first-order valence-corrected chi connectivity index (χ1v) is 8.72. The molecule has 0 spiro atoms. The lowest BCUT2D eigenvalue weighted by Crippen LogP contribution is -2.21. The smallest absolute Gasteiger partial charge is 0.121 e. The van der Waals surface area contributed by atoms with Gasteiger partial charge < -0.3 is 14.8 Å². The van der Waals surface area contributed by atoms with Crippen molar-refractivity contribution in [2.45, 2.75) is 19.4 Å². The second-order valence-corrected chi connectivity index (χ2v) is 6.61. The third-order valence-electron chi connectivity index (χ3n) is 3.47. The van der Waals surface area contributed by atoms with E-state index in [2.05, 4.69) is 40.3 Å². The average Bonchev–Trinajstić information content (AvgIpc) is 2.53. The van der Waals surface area contributed by atoms with Crippen LogP contribution in [0.4, 0.5) is 0 Å². The fourth-order valence-corrected chi connectivity index (χ4v) is 3.05. The summed E-state index contributed by atoms with van der Waals surface area (Å²) in [5.41, 5.74) is 1.21. The Kier molecular flexibility index (Phi) is 7.21. The second kappa shape index (κ2) is 9.16. The summed E-state index contributed by atoms with van der Waals surface area (Å²) < 4.78 is 11.9. The van der Waals surface area contributed by atoms with Crippen molar-refractivity contribution in [1.82, 2.24) is 5.32 Å². The fourth-order valence-electron chi connectivity index (χ4n) is 2.22. The molecule has 0 aliphatic carbocycles. The lowest BCUT2D eigenvalue weighted by Gasteiger charge is -2.15. The van der Waals surface area contributed by atoms with Crippen LogP contribution in [-0.4, -0.2) is 20.3 Å². The number of ether oxygens (including phenoxy) is 2. The van der Waals surface area contributed by atoms with Crippen LogP contribution < -0.4 is 14.8 Å². The standard InChI is InChI=1S/C18H21BrClNO2/c1-13(14-5-3-6-17(9-14)22-2)21-7-4-8-23-18-11-15(19)10-16(20)12-18/h3,5-6,9-13,21H,4,7-8H2,1-2H3/t13-/m1/s1. The fraction of sp³-hybridized carbons (Fsp3) is 0.333. The van der Waals surface area contributed by atoms with Gasteiger partial charge in [-0.15, -0.1) is 0 Å². The summed E-state index contributed by atoms with van der Waals surface area (Å²) in [7, 11) is 1.68. The summed E-state index contributed by atoms with van der Waals surface area (Å²) in [6.07, 6.45) is 0.915. The highest BCUT2D eigenvalue weighted by Crippen LogP contribution is 2.24. The predicted octanol–water partition coefficient (Wildman–Crippen LogP) is 5.23. The van der Waals surface area contributed by atoms with E-state index >= 15 is 0 Å². The topological polar surface area (TPSA) is 30.5 Å². The molecule has 0 aliphatic heterocycles. The van der Waals surface area contributed by atoms with Crippen LogP contribution in [-0.2, 0) is 0 Å². The first-order valence-electron chi connectivity index (χ1n) is 7.54. The molecule has 0 amide bonds. The van der Waals surface area contributed by atoms with Crippen LogP contribution in [0, 0.1) is 0 Å². The van der Waals surface area contributed by atoms with E-state index < -0.39 is 0 Å². The van der Waals surface area contributed by atoms with Crippen molar-refractivity contribution < 1.29 is 9.47 Å². The van der Waals surface area contributed by atoms with Gasteiger partial charge in [-0.3, -0.25) is 0 Å². The molecule has 0 aliphatic rings. The minimum absolute atomic E-state index is 0.269. The lowest BCUT2D eigenvalue weighted by molar-refractivity contribution is 0.305. The van der Waals surface area contributed by atoms with Crippen molar-refractivity contribution >= 4 is 27.5 Å². The predicted molar refractivity (Wildman–Crippen MR) is 98.7 cm³/mol. The molecule has 124 valence electrons. The molecule has 0 bridgehead atoms. The van der Waals surface area contributed by atoms with Crippen molar-refractivity contribution in [2.75, 3.05) is 20.3 Å². The van der Waals surface area contributed by atoms with Gasteiger partial charge >= 0.3 is 0 Å². The Morgan fingerprint density at radius 2 is 2.00 bits per heavy atom. The van der Waals surface area contributed by atoms with Crippen molar-refractivity contribution in [3.8, 4) is 11.5 Å². The minimum Gasteiger partial charge on any atom is -0.497 e. The molecule has 0 radical (unpaired) electrons. The Labute approximate surface area is 151 Å². The number of hydrogen-bond acceptors (Lipinski definition) is 3. The monoisotopic (exact) mass is 397 g/mol. The van der Waals surface area contributed by atoms with Gasteiger partial charge in [0.2, 0.25) is 0 Å². The van der Waals surface area contributed by atoms with E-state index in [9.17, 15) is 0 Å². The van der Waals surface area contributed by atoms with Gasteiger partial charge in [-0.1, -0.05) is 39.7 Å². The largest absolute Gasteiger partial charge is 0.497 e. The first-order chi connectivity index (χ1) is 11.1. The van der Waals surface area contributed by atoms with Gasteiger partial charge in [-0.25, -0.2) is 0 Å². The molecule has 0 fully saturated rings. The number of halogens is 2. The number of rotatable bonds is 8. The van der Waals surface area contributed by atoms with E-state index in [1.165, 1.54) is 5.56 Å². The molecule has 2 rings (SSSR count). The molecule has 0 aromatic heterocycles. The zero-order valence-corrected chi connectivity index (χ0v) is 15.7. The molecule has 23 heavy (non-hydrogen) atoms. The van der Waals surface area contributed by atoms with Crippen LogP contribution >= 0.6 is 27.5 Å². The van der Waals surface area contributed by atoms with Crippen LogP contribution in [0.2, 0.25) is 5.02 Å². The van der Waals surface area contributed by atoms with Gasteiger partial charge in [0, 0.05) is 15.5 Å². The molecular formula is C18H21BrClNO2. The molecule has 3 nitrogen and oxygen atoms in total. The molecular weight excluding hydrogens is 378 g/mol. The van der Waals surface area contributed by atoms with Gasteiger partial charge in [0.25, 0.3) is 0 Å². The summed E-state index contributed by atoms with van der Waals surface area (Å²) in [6.45, 7) is 3.66. The Morgan fingerprint density at radius 1 is 1.17 bits per heavy atom. The van der Waals surface area contributed by atoms with Crippen LogP contribution in [0.1, 0.15) is 24.9 Å². The maximum absolute atomic E-state index is 5.99. The lowest BCUT2D eigenvalue weighted by atomic mass is 10.1. The molecule has 1 N–H and O–H groups in total. The molecule has 5 heteroatoms. The first kappa shape index (κ1) is 18.1. The van der Waals surface area contributed by atoms with E-state index in [-0.39, 0.29) is 6.04 Å². The molecule has 0 unspecified atom stereocenters. The number of nitrogens with one attached hydrogen (secondary N) is 1. The zero-order chi connectivity index (χ0) is 16.7. The van der Waals surface area contributed by atoms with E-state index in [0.717, 1.165) is 28.9 Å². The zero-order valence-electron chi connectivity index (χ0n) is 13.3. The molecule has 0 heterocycles. The third kappa shape index (κ3) is 6.05. The maximum Gasteiger partial charge on any atom is 0.121 e. The normalized spacial score (nSPS) is 12.0. The van der Waals surface area contributed by atoms with Crippen LogP contribution in [0.25, 0.3) is 0 Å². The maximum atomic E-state index is 5.99. The minimum atomic E-state index is 0.269. The number of methoxy groups -OCH3 is 1. The van der Waals surface area contributed by atoms with E-state index in [1.807, 2.05) is 30.3 Å². The van der Waals surface area contributed by atoms with Crippen LogP contribution in [0.5, 0.6) is 11.5 Å². The number of benzene rings is 2. The van der Waals surface area contributed by atoms with Crippen LogP contribution in [0.15, 0.2) is 46.9 Å². The Morgan fingerprint density at radius 3 is 2.74 bits per heavy atom. The molecule has 0 saturated carbocycles. The van der Waals surface area contributed by atoms with Gasteiger partial charge in [-0.2, -0.15) is 0 Å².